The lowest BCUT2D eigenvalue weighted by Crippen LogP contribution is -2.41. The maximum atomic E-state index is 12.4. The maximum absolute atomic E-state index is 12.4. The van der Waals surface area contributed by atoms with Crippen molar-refractivity contribution in [3.63, 3.8) is 0 Å². The number of amides is 1. The molecular formula is C17H23NO3. The van der Waals surface area contributed by atoms with E-state index in [9.17, 15) is 4.79 Å². The van der Waals surface area contributed by atoms with Crippen LogP contribution in [0.3, 0.4) is 0 Å². The molecule has 3 rings (SSSR count). The van der Waals surface area contributed by atoms with Crippen molar-refractivity contribution in [2.75, 3.05) is 33.4 Å². The topological polar surface area (TPSA) is 38.8 Å². The fraction of sp³-hybridized carbons (Fsp3) is 0.588. The summed E-state index contributed by atoms with van der Waals surface area (Å²) in [5.74, 6) is 1.84. The number of hydrogen-bond acceptors (Lipinski definition) is 3. The van der Waals surface area contributed by atoms with Gasteiger partial charge >= 0.3 is 0 Å². The first-order valence-electron chi connectivity index (χ1n) is 7.78. The quantitative estimate of drug-likeness (QED) is 0.858. The van der Waals surface area contributed by atoms with Crippen LogP contribution in [0.15, 0.2) is 24.3 Å². The van der Waals surface area contributed by atoms with Crippen LogP contribution in [-0.4, -0.2) is 44.2 Å². The second-order valence-corrected chi connectivity index (χ2v) is 5.93. The molecule has 4 heteroatoms. The summed E-state index contributed by atoms with van der Waals surface area (Å²) in [4.78, 5) is 14.4. The number of hydrogen-bond donors (Lipinski definition) is 0. The average Bonchev–Trinajstić information content (AvgIpc) is 3.09. The van der Waals surface area contributed by atoms with Gasteiger partial charge in [-0.1, -0.05) is 12.1 Å². The summed E-state index contributed by atoms with van der Waals surface area (Å²) in [5, 5.41) is 0. The SMILES string of the molecule is COc1ccc(C2CCN(C(=O)[C@H]3CCOC3)CC2)cc1. The van der Waals surface area contributed by atoms with Gasteiger partial charge in [-0.25, -0.2) is 0 Å². The van der Waals surface area contributed by atoms with Gasteiger partial charge in [0.25, 0.3) is 0 Å². The van der Waals surface area contributed by atoms with Crippen LogP contribution in [0.5, 0.6) is 5.75 Å². The molecule has 0 radical (unpaired) electrons. The fourth-order valence-electron chi connectivity index (χ4n) is 3.30. The highest BCUT2D eigenvalue weighted by Gasteiger charge is 2.30. The molecule has 4 nitrogen and oxygen atoms in total. The minimum atomic E-state index is 0.0996. The second-order valence-electron chi connectivity index (χ2n) is 5.93. The average molecular weight is 289 g/mol. The molecule has 0 N–H and O–H groups in total. The van der Waals surface area contributed by atoms with Gasteiger partial charge in [0.15, 0.2) is 0 Å². The van der Waals surface area contributed by atoms with Gasteiger partial charge in [-0.15, -0.1) is 0 Å². The number of likely N-dealkylation sites (tertiary alicyclic amines) is 1. The summed E-state index contributed by atoms with van der Waals surface area (Å²) in [6.07, 6.45) is 2.98. The van der Waals surface area contributed by atoms with Crippen LogP contribution in [0.4, 0.5) is 0 Å². The van der Waals surface area contributed by atoms with Crippen LogP contribution < -0.4 is 4.74 Å². The van der Waals surface area contributed by atoms with Crippen molar-refractivity contribution in [3.8, 4) is 5.75 Å². The first kappa shape index (κ1) is 14.4. The van der Waals surface area contributed by atoms with Gasteiger partial charge in [0.05, 0.1) is 19.6 Å². The highest BCUT2D eigenvalue weighted by atomic mass is 16.5. The Morgan fingerprint density at radius 2 is 1.90 bits per heavy atom. The Kier molecular flexibility index (Phi) is 4.44. The Labute approximate surface area is 126 Å². The van der Waals surface area contributed by atoms with Gasteiger partial charge < -0.3 is 14.4 Å². The molecule has 0 saturated carbocycles. The molecule has 1 aromatic rings. The third kappa shape index (κ3) is 3.21. The molecule has 21 heavy (non-hydrogen) atoms. The number of methoxy groups -OCH3 is 1. The van der Waals surface area contributed by atoms with E-state index in [-0.39, 0.29) is 5.92 Å². The zero-order chi connectivity index (χ0) is 14.7. The number of nitrogens with zero attached hydrogens (tertiary/aromatic N) is 1. The Morgan fingerprint density at radius 1 is 1.19 bits per heavy atom. The van der Waals surface area contributed by atoms with Crippen LogP contribution in [0.25, 0.3) is 0 Å². The first-order valence-corrected chi connectivity index (χ1v) is 7.78. The molecule has 0 spiro atoms. The van der Waals surface area contributed by atoms with E-state index in [1.165, 1.54) is 5.56 Å². The molecule has 1 amide bonds. The Balaban J connectivity index is 1.55. The normalized spacial score (nSPS) is 23.3. The highest BCUT2D eigenvalue weighted by Crippen LogP contribution is 2.30. The third-order valence-corrected chi connectivity index (χ3v) is 4.67. The standard InChI is InChI=1S/C17H23NO3/c1-20-16-4-2-13(3-5-16)14-6-9-18(10-7-14)17(19)15-8-11-21-12-15/h2-5,14-15H,6-12H2,1H3/t15-/m0/s1. The number of piperidine rings is 1. The minimum Gasteiger partial charge on any atom is -0.497 e. The molecule has 0 aromatic heterocycles. The monoisotopic (exact) mass is 289 g/mol. The number of benzene rings is 1. The number of ether oxygens (including phenoxy) is 2. The van der Waals surface area contributed by atoms with Crippen LogP contribution in [0.2, 0.25) is 0 Å². The van der Waals surface area contributed by atoms with E-state index in [1.54, 1.807) is 7.11 Å². The molecule has 0 bridgehead atoms. The van der Waals surface area contributed by atoms with Gasteiger partial charge in [-0.2, -0.15) is 0 Å². The van der Waals surface area contributed by atoms with Crippen molar-refractivity contribution in [1.82, 2.24) is 4.90 Å². The number of rotatable bonds is 3. The summed E-state index contributed by atoms with van der Waals surface area (Å²) < 4.78 is 10.5. The van der Waals surface area contributed by atoms with Crippen LogP contribution in [0, 0.1) is 5.92 Å². The summed E-state index contributed by atoms with van der Waals surface area (Å²) >= 11 is 0. The van der Waals surface area contributed by atoms with Crippen molar-refractivity contribution in [3.05, 3.63) is 29.8 Å². The van der Waals surface area contributed by atoms with Crippen molar-refractivity contribution < 1.29 is 14.3 Å². The number of carbonyl (C=O) groups is 1. The molecule has 2 heterocycles. The van der Waals surface area contributed by atoms with Gasteiger partial charge in [0.2, 0.25) is 5.91 Å². The van der Waals surface area contributed by atoms with Gasteiger partial charge in [0.1, 0.15) is 5.75 Å². The third-order valence-electron chi connectivity index (χ3n) is 4.67. The molecule has 2 saturated heterocycles. The van der Waals surface area contributed by atoms with E-state index in [0.29, 0.717) is 18.4 Å². The Morgan fingerprint density at radius 3 is 2.48 bits per heavy atom. The van der Waals surface area contributed by atoms with E-state index in [4.69, 9.17) is 9.47 Å². The smallest absolute Gasteiger partial charge is 0.228 e. The van der Waals surface area contributed by atoms with Crippen molar-refractivity contribution in [2.24, 2.45) is 5.92 Å². The van der Waals surface area contributed by atoms with Crippen LogP contribution in [0.1, 0.15) is 30.7 Å². The first-order chi connectivity index (χ1) is 10.3. The van der Waals surface area contributed by atoms with Gasteiger partial charge in [-0.05, 0) is 42.9 Å². The Hall–Kier alpha value is -1.55. The number of carbonyl (C=O) groups excluding carboxylic acids is 1. The van der Waals surface area contributed by atoms with Gasteiger partial charge in [0, 0.05) is 19.7 Å². The molecule has 1 atom stereocenters. The summed E-state index contributed by atoms with van der Waals surface area (Å²) in [7, 11) is 1.69. The molecule has 1 aromatic carbocycles. The van der Waals surface area contributed by atoms with E-state index >= 15 is 0 Å². The van der Waals surface area contributed by atoms with Crippen molar-refractivity contribution >= 4 is 5.91 Å². The maximum Gasteiger partial charge on any atom is 0.228 e. The highest BCUT2D eigenvalue weighted by molar-refractivity contribution is 5.79. The van der Waals surface area contributed by atoms with Gasteiger partial charge in [-0.3, -0.25) is 4.79 Å². The van der Waals surface area contributed by atoms with E-state index in [0.717, 1.165) is 44.7 Å². The molecular weight excluding hydrogens is 266 g/mol. The van der Waals surface area contributed by atoms with Crippen LogP contribution >= 0.6 is 0 Å². The molecule has 114 valence electrons. The van der Waals surface area contributed by atoms with E-state index in [2.05, 4.69) is 12.1 Å². The largest absolute Gasteiger partial charge is 0.497 e. The lowest BCUT2D eigenvalue weighted by atomic mass is 9.89. The zero-order valence-corrected chi connectivity index (χ0v) is 12.6. The summed E-state index contributed by atoms with van der Waals surface area (Å²) in [6.45, 7) is 3.08. The summed E-state index contributed by atoms with van der Waals surface area (Å²) in [6, 6.07) is 8.32. The van der Waals surface area contributed by atoms with Crippen molar-refractivity contribution in [2.45, 2.75) is 25.2 Å². The molecule has 2 fully saturated rings. The molecule has 2 aliphatic heterocycles. The second kappa shape index (κ2) is 6.48. The predicted molar refractivity (Wildman–Crippen MR) is 80.5 cm³/mol. The predicted octanol–water partition coefficient (Wildman–Crippen LogP) is 2.44. The van der Waals surface area contributed by atoms with E-state index in [1.807, 2.05) is 17.0 Å². The zero-order valence-electron chi connectivity index (χ0n) is 12.6. The Bertz CT molecular complexity index is 471. The lowest BCUT2D eigenvalue weighted by molar-refractivity contribution is -0.136. The minimum absolute atomic E-state index is 0.0996. The van der Waals surface area contributed by atoms with Crippen LogP contribution in [-0.2, 0) is 9.53 Å². The fourth-order valence-corrected chi connectivity index (χ4v) is 3.30. The lowest BCUT2D eigenvalue weighted by Gasteiger charge is -2.33. The molecule has 0 unspecified atom stereocenters. The summed E-state index contributed by atoms with van der Waals surface area (Å²) in [5.41, 5.74) is 1.35. The van der Waals surface area contributed by atoms with E-state index < -0.39 is 0 Å². The molecule has 0 aliphatic carbocycles. The molecule has 2 aliphatic rings. The van der Waals surface area contributed by atoms with Crippen molar-refractivity contribution in [1.29, 1.82) is 0 Å².